The van der Waals surface area contributed by atoms with Crippen LogP contribution in [0.2, 0.25) is 0 Å². The van der Waals surface area contributed by atoms with Crippen molar-refractivity contribution in [1.29, 1.82) is 0 Å². The molecular weight excluding hydrogens is 923 g/mol. The highest BCUT2D eigenvalue weighted by Crippen LogP contribution is 2.18. The van der Waals surface area contributed by atoms with Crippen LogP contribution in [0.25, 0.3) is 0 Å². The van der Waals surface area contributed by atoms with E-state index >= 15 is 0 Å². The number of aliphatic hydroxyl groups excluding tert-OH is 2. The van der Waals surface area contributed by atoms with Crippen LogP contribution >= 0.6 is 0 Å². The van der Waals surface area contributed by atoms with E-state index in [1.807, 2.05) is 6.08 Å². The Bertz CT molecular complexity index is 1170. The molecule has 0 aromatic carbocycles. The molecule has 0 aliphatic heterocycles. The van der Waals surface area contributed by atoms with E-state index in [9.17, 15) is 19.8 Å². The van der Waals surface area contributed by atoms with Gasteiger partial charge in [-0.1, -0.05) is 334 Å². The number of aliphatic hydroxyl groups is 2. The number of rotatable bonds is 64. The zero-order chi connectivity index (χ0) is 54.3. The molecule has 0 rings (SSSR count). The van der Waals surface area contributed by atoms with Crippen LogP contribution in [0.4, 0.5) is 0 Å². The molecule has 2 unspecified atom stereocenters. The summed E-state index contributed by atoms with van der Waals surface area (Å²) in [7, 11) is 0. The number of hydrogen-bond acceptors (Lipinski definition) is 5. The zero-order valence-electron chi connectivity index (χ0n) is 50.8. The van der Waals surface area contributed by atoms with Gasteiger partial charge in [0, 0.05) is 12.8 Å². The summed E-state index contributed by atoms with van der Waals surface area (Å²) in [6.07, 6.45) is 80.9. The molecule has 0 radical (unpaired) electrons. The third kappa shape index (κ3) is 61.4. The van der Waals surface area contributed by atoms with Crippen LogP contribution in [-0.4, -0.2) is 47.4 Å². The standard InChI is InChI=1S/C69H133NO5/c1-3-5-7-9-11-13-15-17-19-21-22-26-30-33-37-41-45-49-53-57-61-67(72)66(65-71)70-68(73)62-58-54-50-46-42-38-34-31-27-24-23-25-28-32-36-40-44-48-52-56-60-64-75-69(74)63-59-55-51-47-43-39-35-29-20-18-16-14-12-10-8-6-4-2/h24,27,57,61,66-67,71-72H,3-23,25-26,28-56,58-60,62-65H2,1-2H3,(H,70,73)/b27-24-,61-57+. The Balaban J connectivity index is 3.43. The van der Waals surface area contributed by atoms with E-state index in [4.69, 9.17) is 4.74 Å². The first kappa shape index (κ1) is 73.3. The first-order valence-electron chi connectivity index (χ1n) is 34.1. The van der Waals surface area contributed by atoms with Crippen molar-refractivity contribution < 1.29 is 24.5 Å². The van der Waals surface area contributed by atoms with Crippen molar-refractivity contribution in [2.24, 2.45) is 0 Å². The van der Waals surface area contributed by atoms with Crippen molar-refractivity contribution in [2.45, 2.75) is 392 Å². The fourth-order valence-corrected chi connectivity index (χ4v) is 10.7. The van der Waals surface area contributed by atoms with Gasteiger partial charge in [-0.3, -0.25) is 9.59 Å². The summed E-state index contributed by atoms with van der Waals surface area (Å²) < 4.78 is 5.50. The van der Waals surface area contributed by atoms with E-state index in [-0.39, 0.29) is 18.5 Å². The van der Waals surface area contributed by atoms with Gasteiger partial charge in [0.1, 0.15) is 0 Å². The number of carbonyl (C=O) groups excluding carboxylic acids is 2. The van der Waals surface area contributed by atoms with E-state index in [0.717, 1.165) is 44.9 Å². The molecule has 0 saturated heterocycles. The lowest BCUT2D eigenvalue weighted by molar-refractivity contribution is -0.143. The second-order valence-electron chi connectivity index (χ2n) is 23.5. The molecule has 1 amide bonds. The van der Waals surface area contributed by atoms with E-state index < -0.39 is 12.1 Å². The number of allylic oxidation sites excluding steroid dienone is 3. The molecule has 444 valence electrons. The van der Waals surface area contributed by atoms with Gasteiger partial charge in [0.25, 0.3) is 0 Å². The van der Waals surface area contributed by atoms with Crippen molar-refractivity contribution in [3.63, 3.8) is 0 Å². The highest BCUT2D eigenvalue weighted by molar-refractivity contribution is 5.76. The number of esters is 1. The fourth-order valence-electron chi connectivity index (χ4n) is 10.7. The third-order valence-corrected chi connectivity index (χ3v) is 16.0. The van der Waals surface area contributed by atoms with Crippen LogP contribution in [0.1, 0.15) is 380 Å². The Morgan fingerprint density at radius 2 is 0.627 bits per heavy atom. The molecule has 6 heteroatoms. The van der Waals surface area contributed by atoms with Crippen LogP contribution in [0.5, 0.6) is 0 Å². The Labute approximate surface area is 469 Å². The molecule has 0 saturated carbocycles. The molecule has 0 aliphatic carbocycles. The molecule has 2 atom stereocenters. The van der Waals surface area contributed by atoms with E-state index in [1.54, 1.807) is 6.08 Å². The fraction of sp³-hybridized carbons (Fsp3) is 0.913. The number of amides is 1. The maximum absolute atomic E-state index is 12.5. The maximum atomic E-state index is 12.5. The van der Waals surface area contributed by atoms with Crippen LogP contribution in [0, 0.1) is 0 Å². The number of unbranched alkanes of at least 4 members (excludes halogenated alkanes) is 51. The van der Waals surface area contributed by atoms with Crippen molar-refractivity contribution in [3.05, 3.63) is 24.3 Å². The largest absolute Gasteiger partial charge is 0.466 e. The SMILES string of the molecule is CCCCCCCCCCCCCCCCCCCC/C=C/C(O)C(CO)NC(=O)CCCCCCCCC/C=C\CCCCCCCCCCCCOC(=O)CCCCCCCCCCCCCCCCCCC. The molecule has 0 bridgehead atoms. The van der Waals surface area contributed by atoms with Gasteiger partial charge >= 0.3 is 5.97 Å². The van der Waals surface area contributed by atoms with E-state index in [2.05, 4.69) is 31.3 Å². The Hall–Kier alpha value is -1.66. The molecule has 0 aliphatic rings. The lowest BCUT2D eigenvalue weighted by Gasteiger charge is -2.20. The normalized spacial score (nSPS) is 12.6. The summed E-state index contributed by atoms with van der Waals surface area (Å²) in [5, 5.41) is 23.2. The summed E-state index contributed by atoms with van der Waals surface area (Å²) in [5.41, 5.74) is 0. The second kappa shape index (κ2) is 64.9. The van der Waals surface area contributed by atoms with Crippen molar-refractivity contribution in [3.8, 4) is 0 Å². The van der Waals surface area contributed by atoms with Gasteiger partial charge in [-0.2, -0.15) is 0 Å². The van der Waals surface area contributed by atoms with Gasteiger partial charge in [-0.15, -0.1) is 0 Å². The molecule has 0 spiro atoms. The van der Waals surface area contributed by atoms with Gasteiger partial charge in [0.05, 0.1) is 25.4 Å². The van der Waals surface area contributed by atoms with E-state index in [0.29, 0.717) is 19.4 Å². The van der Waals surface area contributed by atoms with Crippen LogP contribution in [-0.2, 0) is 14.3 Å². The second-order valence-corrected chi connectivity index (χ2v) is 23.5. The van der Waals surface area contributed by atoms with E-state index in [1.165, 1.54) is 308 Å². The Morgan fingerprint density at radius 3 is 0.947 bits per heavy atom. The number of nitrogens with one attached hydrogen (secondary N) is 1. The minimum atomic E-state index is -0.850. The summed E-state index contributed by atoms with van der Waals surface area (Å²) in [4.78, 5) is 24.6. The first-order valence-corrected chi connectivity index (χ1v) is 34.1. The predicted molar refractivity (Wildman–Crippen MR) is 329 cm³/mol. The minimum absolute atomic E-state index is 0.0123. The molecule has 75 heavy (non-hydrogen) atoms. The first-order chi connectivity index (χ1) is 37.0. The molecule has 0 aromatic rings. The average molecular weight is 1060 g/mol. The molecule has 3 N–H and O–H groups in total. The molecule has 0 fully saturated rings. The van der Waals surface area contributed by atoms with Crippen molar-refractivity contribution >= 4 is 11.9 Å². The van der Waals surface area contributed by atoms with Gasteiger partial charge < -0.3 is 20.3 Å². The van der Waals surface area contributed by atoms with Crippen LogP contribution < -0.4 is 5.32 Å². The molecule has 0 aromatic heterocycles. The lowest BCUT2D eigenvalue weighted by atomic mass is 10.0. The summed E-state index contributed by atoms with van der Waals surface area (Å²) >= 11 is 0. The van der Waals surface area contributed by atoms with Gasteiger partial charge in [0.2, 0.25) is 5.91 Å². The zero-order valence-corrected chi connectivity index (χ0v) is 50.8. The number of carbonyl (C=O) groups is 2. The Morgan fingerprint density at radius 1 is 0.360 bits per heavy atom. The smallest absolute Gasteiger partial charge is 0.305 e. The number of hydrogen-bond donors (Lipinski definition) is 3. The third-order valence-electron chi connectivity index (χ3n) is 16.0. The molecule has 0 heterocycles. The topological polar surface area (TPSA) is 95.9 Å². The highest BCUT2D eigenvalue weighted by Gasteiger charge is 2.18. The van der Waals surface area contributed by atoms with Gasteiger partial charge in [0.15, 0.2) is 0 Å². The van der Waals surface area contributed by atoms with Crippen molar-refractivity contribution in [1.82, 2.24) is 5.32 Å². The average Bonchev–Trinajstić information content (AvgIpc) is 3.41. The van der Waals surface area contributed by atoms with Gasteiger partial charge in [-0.05, 0) is 57.8 Å². The predicted octanol–water partition coefficient (Wildman–Crippen LogP) is 21.8. The maximum Gasteiger partial charge on any atom is 0.305 e. The molecular formula is C69H133NO5. The lowest BCUT2D eigenvalue weighted by Crippen LogP contribution is -2.45. The van der Waals surface area contributed by atoms with Crippen LogP contribution in [0.15, 0.2) is 24.3 Å². The summed E-state index contributed by atoms with van der Waals surface area (Å²) in [6, 6.07) is -0.634. The van der Waals surface area contributed by atoms with Crippen LogP contribution in [0.3, 0.4) is 0 Å². The Kier molecular flexibility index (Phi) is 63.4. The minimum Gasteiger partial charge on any atom is -0.466 e. The van der Waals surface area contributed by atoms with Gasteiger partial charge in [-0.25, -0.2) is 0 Å². The van der Waals surface area contributed by atoms with Crippen molar-refractivity contribution in [2.75, 3.05) is 13.2 Å². The summed E-state index contributed by atoms with van der Waals surface area (Å²) in [6.45, 7) is 4.94. The molecule has 6 nitrogen and oxygen atoms in total. The number of ether oxygens (including phenoxy) is 1. The summed E-state index contributed by atoms with van der Waals surface area (Å²) in [5.74, 6) is -0.0599. The quantitative estimate of drug-likeness (QED) is 0.0320. The highest BCUT2D eigenvalue weighted by atomic mass is 16.5. The monoisotopic (exact) mass is 1060 g/mol.